The van der Waals surface area contributed by atoms with E-state index in [1.807, 2.05) is 12.1 Å². The summed E-state index contributed by atoms with van der Waals surface area (Å²) in [5.41, 5.74) is 7.71. The van der Waals surface area contributed by atoms with Crippen LogP contribution in [-0.2, 0) is 6.54 Å². The molecule has 0 fully saturated rings. The van der Waals surface area contributed by atoms with Crippen LogP contribution in [0.3, 0.4) is 0 Å². The molecule has 0 atom stereocenters. The van der Waals surface area contributed by atoms with E-state index >= 15 is 0 Å². The Hall–Kier alpha value is -1.42. The summed E-state index contributed by atoms with van der Waals surface area (Å²) in [7, 11) is 0. The Balaban J connectivity index is 2.12. The molecule has 2 N–H and O–H groups in total. The molecule has 1 aromatic rings. The third-order valence-corrected chi connectivity index (χ3v) is 2.57. The van der Waals surface area contributed by atoms with Crippen LogP contribution in [0.25, 0.3) is 0 Å². The fraction of sp³-hybridized carbons (Fsp3) is 0.455. The van der Waals surface area contributed by atoms with E-state index in [0.717, 1.165) is 31.0 Å². The minimum Gasteiger partial charge on any atom is -0.351 e. The van der Waals surface area contributed by atoms with E-state index in [2.05, 4.69) is 28.1 Å². The van der Waals surface area contributed by atoms with Gasteiger partial charge in [0.25, 0.3) is 0 Å². The lowest BCUT2D eigenvalue weighted by Crippen LogP contribution is -2.30. The van der Waals surface area contributed by atoms with Gasteiger partial charge in [-0.05, 0) is 25.5 Å². The van der Waals surface area contributed by atoms with Crippen LogP contribution < -0.4 is 10.6 Å². The lowest BCUT2D eigenvalue weighted by molar-refractivity contribution is 0.759. The van der Waals surface area contributed by atoms with Crippen LogP contribution in [0.5, 0.6) is 0 Å². The van der Waals surface area contributed by atoms with Gasteiger partial charge in [0.1, 0.15) is 0 Å². The standard InChI is InChI=1S/C11H16N4/c1-9-3-2-6-15(8-9)11-5-4-10(7-12)13-14-11/h3-5H,2,6-8,12H2,1H3. The van der Waals surface area contributed by atoms with Crippen LogP contribution in [0, 0.1) is 0 Å². The predicted molar refractivity (Wildman–Crippen MR) is 60.5 cm³/mol. The molecule has 1 aliphatic heterocycles. The van der Waals surface area contributed by atoms with Gasteiger partial charge >= 0.3 is 0 Å². The zero-order chi connectivity index (χ0) is 10.7. The van der Waals surface area contributed by atoms with Crippen LogP contribution >= 0.6 is 0 Å². The molecular weight excluding hydrogens is 188 g/mol. The van der Waals surface area contributed by atoms with Crippen LogP contribution in [0.15, 0.2) is 23.8 Å². The number of aromatic nitrogens is 2. The number of rotatable bonds is 2. The van der Waals surface area contributed by atoms with Crippen molar-refractivity contribution in [2.24, 2.45) is 5.73 Å². The van der Waals surface area contributed by atoms with Gasteiger partial charge < -0.3 is 10.6 Å². The normalized spacial score (nSPS) is 16.4. The van der Waals surface area contributed by atoms with Crippen molar-refractivity contribution < 1.29 is 0 Å². The van der Waals surface area contributed by atoms with Gasteiger partial charge in [-0.25, -0.2) is 0 Å². The maximum atomic E-state index is 5.48. The van der Waals surface area contributed by atoms with Gasteiger partial charge in [-0.2, -0.15) is 5.10 Å². The first-order valence-electron chi connectivity index (χ1n) is 5.23. The summed E-state index contributed by atoms with van der Waals surface area (Å²) in [6.45, 7) is 4.57. The molecule has 4 nitrogen and oxygen atoms in total. The van der Waals surface area contributed by atoms with Crippen molar-refractivity contribution in [1.29, 1.82) is 0 Å². The van der Waals surface area contributed by atoms with Gasteiger partial charge in [0.2, 0.25) is 0 Å². The first kappa shape index (κ1) is 10.1. The Labute approximate surface area is 89.8 Å². The summed E-state index contributed by atoms with van der Waals surface area (Å²) < 4.78 is 0. The smallest absolute Gasteiger partial charge is 0.151 e. The topological polar surface area (TPSA) is 55.0 Å². The van der Waals surface area contributed by atoms with Crippen LogP contribution in [0.2, 0.25) is 0 Å². The van der Waals surface area contributed by atoms with Gasteiger partial charge in [0.05, 0.1) is 5.69 Å². The highest BCUT2D eigenvalue weighted by atomic mass is 15.3. The molecule has 0 spiro atoms. The van der Waals surface area contributed by atoms with E-state index in [-0.39, 0.29) is 0 Å². The van der Waals surface area contributed by atoms with Gasteiger partial charge in [0.15, 0.2) is 5.82 Å². The van der Waals surface area contributed by atoms with Crippen molar-refractivity contribution in [3.8, 4) is 0 Å². The summed E-state index contributed by atoms with van der Waals surface area (Å²) in [4.78, 5) is 2.24. The van der Waals surface area contributed by atoms with Crippen molar-refractivity contribution in [2.45, 2.75) is 19.9 Å². The van der Waals surface area contributed by atoms with Crippen molar-refractivity contribution in [1.82, 2.24) is 10.2 Å². The summed E-state index contributed by atoms with van der Waals surface area (Å²) in [5, 5.41) is 8.24. The molecule has 2 rings (SSSR count). The number of nitrogens with zero attached hydrogens (tertiary/aromatic N) is 3. The Morgan fingerprint density at radius 1 is 1.40 bits per heavy atom. The maximum absolute atomic E-state index is 5.48. The largest absolute Gasteiger partial charge is 0.351 e. The molecule has 0 aromatic carbocycles. The van der Waals surface area contributed by atoms with Crippen LogP contribution in [-0.4, -0.2) is 23.3 Å². The van der Waals surface area contributed by atoms with Crippen molar-refractivity contribution in [3.05, 3.63) is 29.5 Å². The molecule has 0 aliphatic carbocycles. The molecule has 0 amide bonds. The van der Waals surface area contributed by atoms with E-state index < -0.39 is 0 Å². The molecule has 1 aliphatic rings. The quantitative estimate of drug-likeness (QED) is 0.733. The van der Waals surface area contributed by atoms with E-state index in [4.69, 9.17) is 5.73 Å². The first-order valence-corrected chi connectivity index (χ1v) is 5.23. The highest BCUT2D eigenvalue weighted by Gasteiger charge is 2.11. The molecular formula is C11H16N4. The minimum atomic E-state index is 0.451. The Bertz CT molecular complexity index is 355. The maximum Gasteiger partial charge on any atom is 0.151 e. The van der Waals surface area contributed by atoms with Gasteiger partial charge in [-0.15, -0.1) is 5.10 Å². The molecule has 4 heteroatoms. The fourth-order valence-electron chi connectivity index (χ4n) is 1.74. The molecule has 0 unspecified atom stereocenters. The van der Waals surface area contributed by atoms with Crippen LogP contribution in [0.1, 0.15) is 19.0 Å². The lowest BCUT2D eigenvalue weighted by atomic mass is 10.1. The van der Waals surface area contributed by atoms with Crippen molar-refractivity contribution in [3.63, 3.8) is 0 Å². The average molecular weight is 204 g/mol. The molecule has 0 saturated heterocycles. The summed E-state index contributed by atoms with van der Waals surface area (Å²) in [5.74, 6) is 0.944. The zero-order valence-corrected chi connectivity index (χ0v) is 8.98. The summed E-state index contributed by atoms with van der Waals surface area (Å²) >= 11 is 0. The highest BCUT2D eigenvalue weighted by Crippen LogP contribution is 2.16. The molecule has 0 bridgehead atoms. The SMILES string of the molecule is CC1=CCCN(c2ccc(CN)nn2)C1. The number of hydrogen-bond acceptors (Lipinski definition) is 4. The van der Waals surface area contributed by atoms with E-state index in [1.54, 1.807) is 0 Å². The molecule has 80 valence electrons. The van der Waals surface area contributed by atoms with Crippen molar-refractivity contribution >= 4 is 5.82 Å². The van der Waals surface area contributed by atoms with E-state index in [1.165, 1.54) is 5.57 Å². The van der Waals surface area contributed by atoms with Crippen molar-refractivity contribution in [2.75, 3.05) is 18.0 Å². The monoisotopic (exact) mass is 204 g/mol. The number of nitrogens with two attached hydrogens (primary N) is 1. The fourth-order valence-corrected chi connectivity index (χ4v) is 1.74. The number of hydrogen-bond donors (Lipinski definition) is 1. The summed E-state index contributed by atoms with van der Waals surface area (Å²) in [6.07, 6.45) is 3.37. The molecule has 0 radical (unpaired) electrons. The Morgan fingerprint density at radius 2 is 2.27 bits per heavy atom. The second-order valence-electron chi connectivity index (χ2n) is 3.85. The second-order valence-corrected chi connectivity index (χ2v) is 3.85. The zero-order valence-electron chi connectivity index (χ0n) is 8.98. The third-order valence-electron chi connectivity index (χ3n) is 2.57. The lowest BCUT2D eigenvalue weighted by Gasteiger charge is -2.26. The van der Waals surface area contributed by atoms with E-state index in [9.17, 15) is 0 Å². The number of anilines is 1. The van der Waals surface area contributed by atoms with Gasteiger partial charge in [-0.1, -0.05) is 11.6 Å². The average Bonchev–Trinajstić information content (AvgIpc) is 2.29. The molecule has 1 aromatic heterocycles. The predicted octanol–water partition coefficient (Wildman–Crippen LogP) is 1.09. The minimum absolute atomic E-state index is 0.451. The summed E-state index contributed by atoms with van der Waals surface area (Å²) in [6, 6.07) is 3.93. The molecule has 2 heterocycles. The Kier molecular flexibility index (Phi) is 2.97. The molecule has 0 saturated carbocycles. The third kappa shape index (κ3) is 2.33. The first-order chi connectivity index (χ1) is 7.29. The highest BCUT2D eigenvalue weighted by molar-refractivity contribution is 5.40. The van der Waals surface area contributed by atoms with Gasteiger partial charge in [-0.3, -0.25) is 0 Å². The Morgan fingerprint density at radius 3 is 2.87 bits per heavy atom. The van der Waals surface area contributed by atoms with Crippen LogP contribution in [0.4, 0.5) is 5.82 Å². The van der Waals surface area contributed by atoms with Gasteiger partial charge in [0, 0.05) is 19.6 Å². The second kappa shape index (κ2) is 4.40. The van der Waals surface area contributed by atoms with E-state index in [0.29, 0.717) is 6.54 Å². The molecule has 15 heavy (non-hydrogen) atoms.